The van der Waals surface area contributed by atoms with Crippen LogP contribution in [0.4, 0.5) is 11.4 Å². The van der Waals surface area contributed by atoms with E-state index in [1.165, 1.54) is 64.2 Å². The van der Waals surface area contributed by atoms with Gasteiger partial charge in [-0.3, -0.25) is 14.8 Å². The van der Waals surface area contributed by atoms with Crippen molar-refractivity contribution in [3.8, 4) is 22.6 Å². The van der Waals surface area contributed by atoms with E-state index in [1.807, 2.05) is 67.6 Å². The topological polar surface area (TPSA) is 86.5 Å². The van der Waals surface area contributed by atoms with Crippen LogP contribution in [0, 0.1) is 0 Å². The van der Waals surface area contributed by atoms with E-state index >= 15 is 0 Å². The van der Waals surface area contributed by atoms with Crippen LogP contribution in [0.3, 0.4) is 0 Å². The van der Waals surface area contributed by atoms with Crippen LogP contribution in [0.15, 0.2) is 88.8 Å². The zero-order chi connectivity index (χ0) is 38.7. The van der Waals surface area contributed by atoms with Gasteiger partial charge in [-0.25, -0.2) is 4.79 Å². The minimum absolute atomic E-state index is 0.166. The Labute approximate surface area is 328 Å². The summed E-state index contributed by atoms with van der Waals surface area (Å²) < 4.78 is 17.5. The highest BCUT2D eigenvalue weighted by molar-refractivity contribution is 6.25. The fourth-order valence-electron chi connectivity index (χ4n) is 6.63. The number of hydrogen-bond acceptors (Lipinski definition) is 7. The molecule has 4 aromatic carbocycles. The van der Waals surface area contributed by atoms with E-state index in [2.05, 4.69) is 18.8 Å². The van der Waals surface area contributed by atoms with Gasteiger partial charge in [-0.2, -0.15) is 0 Å². The summed E-state index contributed by atoms with van der Waals surface area (Å²) in [5.41, 5.74) is 5.51. The number of aliphatic imine (C=N–C) groups is 2. The molecule has 4 aromatic rings. The first-order valence-corrected chi connectivity index (χ1v) is 20.6. The lowest BCUT2D eigenvalue weighted by Gasteiger charge is -2.11. The van der Waals surface area contributed by atoms with Crippen LogP contribution in [-0.2, 0) is 4.74 Å². The molecule has 1 aliphatic rings. The first kappa shape index (κ1) is 41.1. The maximum absolute atomic E-state index is 13.9. The molecule has 0 fully saturated rings. The fourth-order valence-corrected chi connectivity index (χ4v) is 6.63. The number of carbonyl (C=O) groups excluding carboxylic acids is 2. The van der Waals surface area contributed by atoms with Crippen LogP contribution in [0.5, 0.6) is 11.5 Å². The maximum Gasteiger partial charge on any atom is 0.338 e. The van der Waals surface area contributed by atoms with E-state index in [-0.39, 0.29) is 5.78 Å². The molecule has 7 heteroatoms. The number of unbranched alkanes of at least 4 members (excludes halogenated alkanes) is 11. The molecule has 0 atom stereocenters. The number of nitrogens with zero attached hydrogens (tertiary/aromatic N) is 2. The molecule has 5 rings (SSSR count). The molecule has 0 amide bonds. The molecule has 1 aliphatic carbocycles. The molecule has 0 saturated heterocycles. The normalized spacial score (nSPS) is 12.0. The largest absolute Gasteiger partial charge is 0.494 e. The van der Waals surface area contributed by atoms with E-state index < -0.39 is 5.97 Å². The van der Waals surface area contributed by atoms with E-state index in [0.717, 1.165) is 54.9 Å². The highest BCUT2D eigenvalue weighted by Crippen LogP contribution is 2.43. The Balaban J connectivity index is 1.26. The van der Waals surface area contributed by atoms with Crippen LogP contribution in [-0.4, -0.2) is 44.0 Å². The van der Waals surface area contributed by atoms with Gasteiger partial charge >= 0.3 is 5.97 Å². The Bertz CT molecular complexity index is 1880. The predicted molar refractivity (Wildman–Crippen MR) is 226 cm³/mol. The third kappa shape index (κ3) is 12.5. The molecule has 0 saturated carbocycles. The number of benzene rings is 4. The van der Waals surface area contributed by atoms with E-state index in [1.54, 1.807) is 30.6 Å². The van der Waals surface area contributed by atoms with Gasteiger partial charge in [0.1, 0.15) is 11.5 Å². The summed E-state index contributed by atoms with van der Waals surface area (Å²) in [6.45, 7) is 8.25. The summed E-state index contributed by atoms with van der Waals surface area (Å²) in [4.78, 5) is 36.8. The Morgan fingerprint density at radius 1 is 0.527 bits per heavy atom. The zero-order valence-corrected chi connectivity index (χ0v) is 33.1. The van der Waals surface area contributed by atoms with Crippen molar-refractivity contribution in [1.82, 2.24) is 0 Å². The SMILES string of the molecule is CCCCCCCCOc1ccc(C=Nc2ccc3c(c2)C(=O)c2cc(N=Cc4ccc(OCCCCCCCC)cc4)cc(C(=O)OCCCC)c2-3)cc1. The van der Waals surface area contributed by atoms with Crippen LogP contribution in [0.2, 0.25) is 0 Å². The van der Waals surface area contributed by atoms with Gasteiger partial charge in [-0.15, -0.1) is 0 Å². The van der Waals surface area contributed by atoms with E-state index in [9.17, 15) is 9.59 Å². The third-order valence-electron chi connectivity index (χ3n) is 9.85. The maximum atomic E-state index is 13.9. The smallest absolute Gasteiger partial charge is 0.338 e. The van der Waals surface area contributed by atoms with Crippen molar-refractivity contribution >= 4 is 35.6 Å². The average molecular weight is 743 g/mol. The molecule has 0 aromatic heterocycles. The van der Waals surface area contributed by atoms with Crippen LogP contribution in [0.25, 0.3) is 11.1 Å². The van der Waals surface area contributed by atoms with Gasteiger partial charge in [0, 0.05) is 29.1 Å². The first-order valence-electron chi connectivity index (χ1n) is 20.6. The Hall–Kier alpha value is -5.04. The van der Waals surface area contributed by atoms with Crippen molar-refractivity contribution in [2.24, 2.45) is 9.98 Å². The molecule has 55 heavy (non-hydrogen) atoms. The van der Waals surface area contributed by atoms with Gasteiger partial charge in [0.15, 0.2) is 5.78 Å². The number of hydrogen-bond donors (Lipinski definition) is 0. The predicted octanol–water partition coefficient (Wildman–Crippen LogP) is 12.8. The van der Waals surface area contributed by atoms with Gasteiger partial charge in [-0.05, 0) is 109 Å². The van der Waals surface area contributed by atoms with Crippen molar-refractivity contribution in [1.29, 1.82) is 0 Å². The second kappa shape index (κ2) is 22.4. The summed E-state index contributed by atoms with van der Waals surface area (Å²) in [7, 11) is 0. The van der Waals surface area contributed by atoms with Crippen molar-refractivity contribution in [2.75, 3.05) is 19.8 Å². The molecular weight excluding hydrogens is 685 g/mol. The zero-order valence-electron chi connectivity index (χ0n) is 33.1. The molecule has 0 spiro atoms. The summed E-state index contributed by atoms with van der Waals surface area (Å²) in [6.07, 6.45) is 19.9. The summed E-state index contributed by atoms with van der Waals surface area (Å²) in [5, 5.41) is 0. The molecule has 290 valence electrons. The van der Waals surface area contributed by atoms with Crippen molar-refractivity contribution in [3.05, 3.63) is 107 Å². The number of esters is 1. The number of ketones is 1. The third-order valence-corrected chi connectivity index (χ3v) is 9.85. The lowest BCUT2D eigenvalue weighted by atomic mass is 9.98. The number of fused-ring (bicyclic) bond motifs is 3. The Kier molecular flexibility index (Phi) is 16.7. The molecule has 0 heterocycles. The van der Waals surface area contributed by atoms with Gasteiger partial charge in [0.05, 0.1) is 36.8 Å². The average Bonchev–Trinajstić information content (AvgIpc) is 3.49. The van der Waals surface area contributed by atoms with Gasteiger partial charge in [0.25, 0.3) is 0 Å². The minimum atomic E-state index is -0.462. The first-order chi connectivity index (χ1) is 27.0. The van der Waals surface area contributed by atoms with Gasteiger partial charge < -0.3 is 14.2 Å². The Morgan fingerprint density at radius 2 is 1.04 bits per heavy atom. The highest BCUT2D eigenvalue weighted by Gasteiger charge is 2.32. The van der Waals surface area contributed by atoms with E-state index in [0.29, 0.717) is 52.4 Å². The molecule has 0 unspecified atom stereocenters. The Morgan fingerprint density at radius 3 is 1.60 bits per heavy atom. The second-order valence-corrected chi connectivity index (χ2v) is 14.4. The number of rotatable bonds is 24. The van der Waals surface area contributed by atoms with Gasteiger partial charge in [-0.1, -0.05) is 97.5 Å². The standard InChI is InChI=1S/C48H58N2O5/c1-4-7-10-12-14-16-29-53-40-23-18-36(19-24-40)34-49-38-22-27-42-43(31-38)47(51)44-32-39(33-45(46(42)44)48(52)55-28-9-6-3)50-35-37-20-25-41(26-21-37)54-30-17-15-13-11-8-5-2/h18-27,31-35H,4-17,28-30H2,1-3H3. The van der Waals surface area contributed by atoms with Crippen molar-refractivity contribution in [3.63, 3.8) is 0 Å². The van der Waals surface area contributed by atoms with Gasteiger partial charge in [0.2, 0.25) is 0 Å². The molecule has 7 nitrogen and oxygen atoms in total. The molecule has 0 N–H and O–H groups in total. The monoisotopic (exact) mass is 742 g/mol. The highest BCUT2D eigenvalue weighted by atomic mass is 16.5. The fraction of sp³-hybridized carbons (Fsp3) is 0.417. The summed E-state index contributed by atoms with van der Waals surface area (Å²) >= 11 is 0. The van der Waals surface area contributed by atoms with E-state index in [4.69, 9.17) is 19.2 Å². The van der Waals surface area contributed by atoms with Crippen LogP contribution in [0.1, 0.15) is 148 Å². The lowest BCUT2D eigenvalue weighted by molar-refractivity contribution is 0.0500. The molecule has 0 bridgehead atoms. The quantitative estimate of drug-likeness (QED) is 0.0357. The van der Waals surface area contributed by atoms with Crippen LogP contribution < -0.4 is 9.47 Å². The van der Waals surface area contributed by atoms with Crippen molar-refractivity contribution < 1.29 is 23.8 Å². The molecular formula is C48H58N2O5. The molecule has 0 aliphatic heterocycles. The number of carbonyl (C=O) groups is 2. The lowest BCUT2D eigenvalue weighted by Crippen LogP contribution is -2.08. The summed E-state index contributed by atoms with van der Waals surface area (Å²) in [5.74, 6) is 1.05. The van der Waals surface area contributed by atoms with Crippen LogP contribution >= 0.6 is 0 Å². The van der Waals surface area contributed by atoms with Crippen molar-refractivity contribution in [2.45, 2.75) is 111 Å². The second-order valence-electron chi connectivity index (χ2n) is 14.4. The number of ether oxygens (including phenoxy) is 3. The summed E-state index contributed by atoms with van der Waals surface area (Å²) in [6, 6.07) is 24.7. The molecule has 0 radical (unpaired) electrons. The minimum Gasteiger partial charge on any atom is -0.494 e.